The Labute approximate surface area is 124 Å². The van der Waals surface area contributed by atoms with Crippen molar-refractivity contribution < 1.29 is 9.90 Å². The second-order valence-electron chi connectivity index (χ2n) is 5.48. The van der Waals surface area contributed by atoms with Crippen molar-refractivity contribution in [3.63, 3.8) is 0 Å². The molecule has 1 aromatic carbocycles. The van der Waals surface area contributed by atoms with E-state index < -0.39 is 5.60 Å². The Morgan fingerprint density at radius 2 is 2.35 bits per heavy atom. The van der Waals surface area contributed by atoms with E-state index in [1.54, 1.807) is 18.7 Å². The maximum Gasteiger partial charge on any atom is 0.251 e. The number of benzene rings is 1. The van der Waals surface area contributed by atoms with Gasteiger partial charge in [-0.25, -0.2) is 0 Å². The molecule has 0 aromatic heterocycles. The van der Waals surface area contributed by atoms with Crippen LogP contribution in [0.5, 0.6) is 0 Å². The second-order valence-corrected chi connectivity index (χ2v) is 6.35. The first kappa shape index (κ1) is 15.4. The Bertz CT molecular complexity index is 489. The van der Waals surface area contributed by atoms with Crippen LogP contribution >= 0.6 is 11.8 Å². The highest BCUT2D eigenvalue weighted by Crippen LogP contribution is 2.19. The normalized spacial score (nSPS) is 17.1. The molecule has 1 aliphatic rings. The Balaban J connectivity index is 2.06. The van der Waals surface area contributed by atoms with Gasteiger partial charge < -0.3 is 15.7 Å². The molecule has 0 aliphatic carbocycles. The van der Waals surface area contributed by atoms with Crippen molar-refractivity contribution in [2.24, 2.45) is 0 Å². The van der Waals surface area contributed by atoms with Crippen LogP contribution in [0.1, 0.15) is 28.4 Å². The average molecular weight is 294 g/mol. The fourth-order valence-electron chi connectivity index (χ4n) is 2.47. The van der Waals surface area contributed by atoms with Crippen LogP contribution in [0.3, 0.4) is 0 Å². The molecule has 1 aromatic rings. The van der Waals surface area contributed by atoms with Crippen molar-refractivity contribution in [2.75, 3.05) is 25.1 Å². The SMILES string of the molecule is CSCC(C)(O)CNC(=O)c1cccc2c1CCNC2. The summed E-state index contributed by atoms with van der Waals surface area (Å²) in [6, 6.07) is 5.84. The summed E-state index contributed by atoms with van der Waals surface area (Å²) < 4.78 is 0. The zero-order valence-corrected chi connectivity index (χ0v) is 12.8. The number of nitrogens with one attached hydrogen (secondary N) is 2. The lowest BCUT2D eigenvalue weighted by Gasteiger charge is -2.24. The monoisotopic (exact) mass is 294 g/mol. The molecule has 1 aliphatic heterocycles. The molecule has 1 amide bonds. The molecule has 0 radical (unpaired) electrons. The number of thioether (sulfide) groups is 1. The van der Waals surface area contributed by atoms with Crippen LogP contribution in [0.25, 0.3) is 0 Å². The lowest BCUT2D eigenvalue weighted by atomic mass is 9.95. The van der Waals surface area contributed by atoms with Crippen molar-refractivity contribution in [2.45, 2.75) is 25.5 Å². The minimum atomic E-state index is -0.870. The molecular weight excluding hydrogens is 272 g/mol. The van der Waals surface area contributed by atoms with Gasteiger partial charge >= 0.3 is 0 Å². The van der Waals surface area contributed by atoms with Gasteiger partial charge in [-0.3, -0.25) is 4.79 Å². The number of hydrogen-bond acceptors (Lipinski definition) is 4. The third kappa shape index (κ3) is 3.75. The maximum atomic E-state index is 12.3. The van der Waals surface area contributed by atoms with E-state index in [-0.39, 0.29) is 12.5 Å². The molecule has 110 valence electrons. The van der Waals surface area contributed by atoms with E-state index in [4.69, 9.17) is 0 Å². The van der Waals surface area contributed by atoms with Crippen LogP contribution in [-0.2, 0) is 13.0 Å². The van der Waals surface area contributed by atoms with Gasteiger partial charge in [-0.15, -0.1) is 0 Å². The average Bonchev–Trinajstić information content (AvgIpc) is 2.44. The lowest BCUT2D eigenvalue weighted by molar-refractivity contribution is 0.0724. The van der Waals surface area contributed by atoms with Crippen LogP contribution in [0.2, 0.25) is 0 Å². The predicted molar refractivity (Wildman–Crippen MR) is 83.2 cm³/mol. The number of fused-ring (bicyclic) bond motifs is 1. The quantitative estimate of drug-likeness (QED) is 0.763. The summed E-state index contributed by atoms with van der Waals surface area (Å²) in [7, 11) is 0. The Kier molecular flexibility index (Phi) is 5.07. The fourth-order valence-corrected chi connectivity index (χ4v) is 3.20. The van der Waals surface area contributed by atoms with Crippen molar-refractivity contribution in [1.29, 1.82) is 0 Å². The molecule has 0 saturated carbocycles. The highest BCUT2D eigenvalue weighted by atomic mass is 32.2. The largest absolute Gasteiger partial charge is 0.387 e. The smallest absolute Gasteiger partial charge is 0.251 e. The molecule has 0 spiro atoms. The molecule has 20 heavy (non-hydrogen) atoms. The van der Waals surface area contributed by atoms with E-state index in [1.165, 1.54) is 5.56 Å². The minimum Gasteiger partial charge on any atom is -0.387 e. The second kappa shape index (κ2) is 6.61. The molecule has 0 bridgehead atoms. The standard InChI is InChI=1S/C15H22N2O2S/c1-15(19,10-20-2)9-17-14(18)13-5-3-4-11-8-16-7-6-12(11)13/h3-5,16,19H,6-10H2,1-2H3,(H,17,18). The number of amides is 1. The molecule has 4 nitrogen and oxygen atoms in total. The van der Waals surface area contributed by atoms with E-state index in [2.05, 4.69) is 16.7 Å². The summed E-state index contributed by atoms with van der Waals surface area (Å²) in [6.07, 6.45) is 2.82. The molecule has 1 heterocycles. The zero-order valence-electron chi connectivity index (χ0n) is 12.0. The van der Waals surface area contributed by atoms with E-state index in [0.29, 0.717) is 5.75 Å². The van der Waals surface area contributed by atoms with Gasteiger partial charge in [0.15, 0.2) is 0 Å². The zero-order chi connectivity index (χ0) is 14.6. The molecule has 5 heteroatoms. The Hall–Kier alpha value is -1.04. The highest BCUT2D eigenvalue weighted by Gasteiger charge is 2.22. The summed E-state index contributed by atoms with van der Waals surface area (Å²) in [4.78, 5) is 12.3. The Morgan fingerprint density at radius 1 is 1.55 bits per heavy atom. The first-order valence-corrected chi connectivity index (χ1v) is 8.24. The molecule has 3 N–H and O–H groups in total. The van der Waals surface area contributed by atoms with Gasteiger partial charge in [-0.05, 0) is 43.3 Å². The third-order valence-corrected chi connectivity index (χ3v) is 4.38. The number of carbonyl (C=O) groups excluding carboxylic acids is 1. The van der Waals surface area contributed by atoms with Crippen LogP contribution in [0.4, 0.5) is 0 Å². The first-order chi connectivity index (χ1) is 9.53. The summed E-state index contributed by atoms with van der Waals surface area (Å²) >= 11 is 1.57. The summed E-state index contributed by atoms with van der Waals surface area (Å²) in [5.41, 5.74) is 2.20. The first-order valence-electron chi connectivity index (χ1n) is 6.84. The fraction of sp³-hybridized carbons (Fsp3) is 0.533. The van der Waals surface area contributed by atoms with Gasteiger partial charge in [0, 0.05) is 24.4 Å². The topological polar surface area (TPSA) is 61.4 Å². The van der Waals surface area contributed by atoms with Crippen LogP contribution in [0.15, 0.2) is 18.2 Å². The predicted octanol–water partition coefficient (Wildman–Crippen LogP) is 1.18. The number of carbonyl (C=O) groups is 1. The molecule has 0 fully saturated rings. The van der Waals surface area contributed by atoms with Crippen molar-refractivity contribution >= 4 is 17.7 Å². The summed E-state index contributed by atoms with van der Waals surface area (Å²) in [5, 5.41) is 16.3. The maximum absolute atomic E-state index is 12.3. The van der Waals surface area contributed by atoms with Gasteiger partial charge in [0.1, 0.15) is 0 Å². The highest BCUT2D eigenvalue weighted by molar-refractivity contribution is 7.98. The number of rotatable bonds is 5. The van der Waals surface area contributed by atoms with Crippen LogP contribution in [0, 0.1) is 0 Å². The van der Waals surface area contributed by atoms with Gasteiger partial charge in [0.2, 0.25) is 0 Å². The van der Waals surface area contributed by atoms with E-state index in [1.807, 2.05) is 18.4 Å². The summed E-state index contributed by atoms with van der Waals surface area (Å²) in [5.74, 6) is 0.509. The molecular formula is C15H22N2O2S. The third-order valence-electron chi connectivity index (χ3n) is 3.47. The molecule has 1 atom stereocenters. The van der Waals surface area contributed by atoms with Crippen molar-refractivity contribution in [3.8, 4) is 0 Å². The van der Waals surface area contributed by atoms with E-state index >= 15 is 0 Å². The lowest BCUT2D eigenvalue weighted by Crippen LogP contribution is -2.42. The minimum absolute atomic E-state index is 0.0925. The number of hydrogen-bond donors (Lipinski definition) is 3. The molecule has 2 rings (SSSR count). The van der Waals surface area contributed by atoms with Crippen molar-refractivity contribution in [3.05, 3.63) is 34.9 Å². The van der Waals surface area contributed by atoms with Gasteiger partial charge in [-0.2, -0.15) is 11.8 Å². The van der Waals surface area contributed by atoms with E-state index in [0.717, 1.165) is 30.6 Å². The summed E-state index contributed by atoms with van der Waals surface area (Å²) in [6.45, 7) is 3.74. The number of aliphatic hydroxyl groups is 1. The van der Waals surface area contributed by atoms with Gasteiger partial charge in [0.05, 0.1) is 5.60 Å². The van der Waals surface area contributed by atoms with Gasteiger partial charge in [-0.1, -0.05) is 12.1 Å². The van der Waals surface area contributed by atoms with Crippen LogP contribution < -0.4 is 10.6 Å². The molecule has 1 unspecified atom stereocenters. The Morgan fingerprint density at radius 3 is 3.10 bits per heavy atom. The molecule has 0 saturated heterocycles. The van der Waals surface area contributed by atoms with Crippen LogP contribution in [-0.4, -0.2) is 41.7 Å². The van der Waals surface area contributed by atoms with Crippen molar-refractivity contribution in [1.82, 2.24) is 10.6 Å². The van der Waals surface area contributed by atoms with Gasteiger partial charge in [0.25, 0.3) is 5.91 Å². The van der Waals surface area contributed by atoms with E-state index in [9.17, 15) is 9.90 Å².